The lowest BCUT2D eigenvalue weighted by Crippen LogP contribution is -2.55. The van der Waals surface area contributed by atoms with E-state index in [9.17, 15) is 17.6 Å². The molecule has 12 heteroatoms. The molecule has 1 aromatic carbocycles. The maximum atomic E-state index is 13.3. The van der Waals surface area contributed by atoms with Gasteiger partial charge in [-0.2, -0.15) is 17.4 Å². The van der Waals surface area contributed by atoms with Crippen molar-refractivity contribution in [3.8, 4) is 10.6 Å². The molecule has 4 rings (SSSR count). The highest BCUT2D eigenvalue weighted by Crippen LogP contribution is 2.36. The number of carbonyl (C=O) groups is 1. The summed E-state index contributed by atoms with van der Waals surface area (Å²) in [6, 6.07) is 5.78. The Morgan fingerprint density at radius 3 is 2.90 bits per heavy atom. The lowest BCUT2D eigenvalue weighted by Gasteiger charge is -2.35. The summed E-state index contributed by atoms with van der Waals surface area (Å²) in [5, 5.41) is 2.46. The summed E-state index contributed by atoms with van der Waals surface area (Å²) in [6.07, 6.45) is 3.08. The number of benzene rings is 1. The van der Waals surface area contributed by atoms with Gasteiger partial charge in [-0.1, -0.05) is 11.6 Å². The number of aromatic nitrogens is 1. The number of thiophene rings is 1. The fourth-order valence-electron chi connectivity index (χ4n) is 3.11. The number of halogens is 2. The zero-order valence-corrected chi connectivity index (χ0v) is 17.9. The van der Waals surface area contributed by atoms with Crippen molar-refractivity contribution >= 4 is 44.7 Å². The number of likely N-dealkylation sites (N-methyl/N-ethyl adjacent to an activating group) is 1. The third-order valence-electron chi connectivity index (χ3n) is 4.70. The molecule has 3 heterocycles. The van der Waals surface area contributed by atoms with Crippen molar-refractivity contribution in [1.82, 2.24) is 14.0 Å². The third-order valence-corrected chi connectivity index (χ3v) is 7.80. The van der Waals surface area contributed by atoms with E-state index in [4.69, 9.17) is 16.0 Å². The lowest BCUT2D eigenvalue weighted by atomic mass is 10.1. The SMILES string of the molecule is CN1[C@@H](C(=O)Nc2ccc(F)c(Cl)c2)C[C@@H](c2ccc(-c3cnco3)s2)NS1(=O)=O. The first kappa shape index (κ1) is 20.9. The average molecular weight is 471 g/mol. The van der Waals surface area contributed by atoms with Crippen LogP contribution >= 0.6 is 22.9 Å². The molecular formula is C18H16ClFN4O4S2. The van der Waals surface area contributed by atoms with Crippen molar-refractivity contribution < 1.29 is 22.0 Å². The van der Waals surface area contributed by atoms with Gasteiger partial charge >= 0.3 is 0 Å². The van der Waals surface area contributed by atoms with Crippen LogP contribution in [0.4, 0.5) is 10.1 Å². The highest BCUT2D eigenvalue weighted by Gasteiger charge is 2.41. The summed E-state index contributed by atoms with van der Waals surface area (Å²) < 4.78 is 47.4. The predicted octanol–water partition coefficient (Wildman–Crippen LogP) is 3.41. The van der Waals surface area contributed by atoms with Gasteiger partial charge in [0.25, 0.3) is 10.2 Å². The normalized spacial score (nSPS) is 21.4. The van der Waals surface area contributed by atoms with Crippen LogP contribution in [0.3, 0.4) is 0 Å². The molecule has 1 aliphatic rings. The molecule has 1 amide bonds. The number of hydrogen-bond acceptors (Lipinski definition) is 6. The summed E-state index contributed by atoms with van der Waals surface area (Å²) >= 11 is 7.10. The van der Waals surface area contributed by atoms with Gasteiger partial charge in [-0.15, -0.1) is 11.3 Å². The van der Waals surface area contributed by atoms with Crippen LogP contribution in [0.15, 0.2) is 47.3 Å². The van der Waals surface area contributed by atoms with Crippen molar-refractivity contribution in [3.05, 3.63) is 58.6 Å². The highest BCUT2D eigenvalue weighted by molar-refractivity contribution is 7.87. The van der Waals surface area contributed by atoms with Crippen LogP contribution in [0.2, 0.25) is 5.02 Å². The molecule has 2 N–H and O–H groups in total. The van der Waals surface area contributed by atoms with E-state index in [0.29, 0.717) is 5.76 Å². The molecule has 2 atom stereocenters. The van der Waals surface area contributed by atoms with Crippen LogP contribution in [-0.2, 0) is 15.0 Å². The second kappa shape index (κ2) is 8.08. The largest absolute Gasteiger partial charge is 0.443 e. The van der Waals surface area contributed by atoms with Crippen molar-refractivity contribution in [2.75, 3.05) is 12.4 Å². The maximum absolute atomic E-state index is 13.3. The molecule has 2 aromatic heterocycles. The summed E-state index contributed by atoms with van der Waals surface area (Å²) in [4.78, 5) is 18.2. The van der Waals surface area contributed by atoms with E-state index in [0.717, 1.165) is 20.1 Å². The molecule has 0 unspecified atom stereocenters. The molecule has 0 saturated carbocycles. The molecule has 8 nitrogen and oxygen atoms in total. The summed E-state index contributed by atoms with van der Waals surface area (Å²) in [5.41, 5.74) is 0.274. The fourth-order valence-corrected chi connectivity index (χ4v) is 5.65. The van der Waals surface area contributed by atoms with Crippen LogP contribution < -0.4 is 10.0 Å². The zero-order chi connectivity index (χ0) is 21.5. The highest BCUT2D eigenvalue weighted by atomic mass is 35.5. The Morgan fingerprint density at radius 1 is 1.40 bits per heavy atom. The minimum atomic E-state index is -3.90. The number of carbonyl (C=O) groups excluding carboxylic acids is 1. The van der Waals surface area contributed by atoms with Gasteiger partial charge < -0.3 is 9.73 Å². The monoisotopic (exact) mass is 470 g/mol. The topological polar surface area (TPSA) is 105 Å². The van der Waals surface area contributed by atoms with Crippen LogP contribution in [-0.4, -0.2) is 36.7 Å². The van der Waals surface area contributed by atoms with Crippen LogP contribution in [0, 0.1) is 5.82 Å². The van der Waals surface area contributed by atoms with Crippen molar-refractivity contribution in [2.45, 2.75) is 18.5 Å². The van der Waals surface area contributed by atoms with Crippen LogP contribution in [0.5, 0.6) is 0 Å². The van der Waals surface area contributed by atoms with Crippen molar-refractivity contribution in [3.63, 3.8) is 0 Å². The van der Waals surface area contributed by atoms with Gasteiger partial charge in [0, 0.05) is 17.6 Å². The summed E-state index contributed by atoms with van der Waals surface area (Å²) in [6.45, 7) is 0. The van der Waals surface area contributed by atoms with Crippen LogP contribution in [0.1, 0.15) is 17.3 Å². The Labute approximate surface area is 180 Å². The molecule has 158 valence electrons. The average Bonchev–Trinajstić information content (AvgIpc) is 3.38. The molecule has 0 spiro atoms. The Hall–Kier alpha value is -2.31. The number of amides is 1. The minimum absolute atomic E-state index is 0.143. The van der Waals surface area contributed by atoms with Crippen LogP contribution in [0.25, 0.3) is 10.6 Å². The standard InChI is InChI=1S/C18H16ClFN4O4S2/c1-24-14(18(25)22-10-2-3-12(20)11(19)6-10)7-13(23-30(24,26)27)16-4-5-17(29-16)15-8-21-9-28-15/h2-6,8-9,13-14,23H,7H2,1H3,(H,22,25)/t13-,14+/m0/s1. The molecule has 1 saturated heterocycles. The summed E-state index contributed by atoms with van der Waals surface area (Å²) in [5.74, 6) is -0.580. The molecular weight excluding hydrogens is 455 g/mol. The molecule has 0 bridgehead atoms. The van der Waals surface area contributed by atoms with E-state index >= 15 is 0 Å². The Balaban J connectivity index is 1.57. The Kier molecular flexibility index (Phi) is 5.64. The number of hydrogen-bond donors (Lipinski definition) is 2. The predicted molar refractivity (Wildman–Crippen MR) is 111 cm³/mol. The zero-order valence-electron chi connectivity index (χ0n) is 15.5. The Bertz CT molecular complexity index is 1180. The van der Waals surface area contributed by atoms with E-state index in [1.807, 2.05) is 6.07 Å². The number of rotatable bonds is 4. The first-order chi connectivity index (χ1) is 14.2. The van der Waals surface area contributed by atoms with Gasteiger partial charge in [0.2, 0.25) is 5.91 Å². The number of anilines is 1. The fraction of sp³-hybridized carbons (Fsp3) is 0.222. The van der Waals surface area contributed by atoms with Crippen molar-refractivity contribution in [2.24, 2.45) is 0 Å². The van der Waals surface area contributed by atoms with E-state index in [2.05, 4.69) is 15.0 Å². The summed E-state index contributed by atoms with van der Waals surface area (Å²) in [7, 11) is -2.57. The smallest absolute Gasteiger partial charge is 0.280 e. The van der Waals surface area contributed by atoms with Gasteiger partial charge in [0.05, 0.1) is 22.1 Å². The lowest BCUT2D eigenvalue weighted by molar-refractivity contribution is -0.120. The second-order valence-electron chi connectivity index (χ2n) is 6.63. The van der Waals surface area contributed by atoms with Gasteiger partial charge in [0.15, 0.2) is 12.2 Å². The van der Waals surface area contributed by atoms with Gasteiger partial charge in [-0.05, 0) is 36.8 Å². The maximum Gasteiger partial charge on any atom is 0.280 e. The van der Waals surface area contributed by atoms with E-state index in [-0.39, 0.29) is 17.1 Å². The van der Waals surface area contributed by atoms with Gasteiger partial charge in [-0.25, -0.2) is 9.37 Å². The second-order valence-corrected chi connectivity index (χ2v) is 9.91. The number of nitrogens with zero attached hydrogens (tertiary/aromatic N) is 2. The van der Waals surface area contributed by atoms with Gasteiger partial charge in [-0.3, -0.25) is 4.79 Å². The minimum Gasteiger partial charge on any atom is -0.443 e. The first-order valence-corrected chi connectivity index (χ1v) is 11.4. The molecule has 30 heavy (non-hydrogen) atoms. The van der Waals surface area contributed by atoms with E-state index in [1.165, 1.54) is 36.9 Å². The number of nitrogens with one attached hydrogen (secondary N) is 2. The van der Waals surface area contributed by atoms with E-state index in [1.54, 1.807) is 12.3 Å². The van der Waals surface area contributed by atoms with Crippen molar-refractivity contribution in [1.29, 1.82) is 0 Å². The molecule has 1 aliphatic heterocycles. The quantitative estimate of drug-likeness (QED) is 0.608. The molecule has 0 radical (unpaired) electrons. The Morgan fingerprint density at radius 2 is 2.20 bits per heavy atom. The van der Waals surface area contributed by atoms with E-state index < -0.39 is 34.0 Å². The molecule has 3 aromatic rings. The number of oxazole rings is 1. The van der Waals surface area contributed by atoms with Gasteiger partial charge in [0.1, 0.15) is 11.9 Å². The molecule has 1 fully saturated rings. The molecule has 0 aliphatic carbocycles. The first-order valence-electron chi connectivity index (χ1n) is 8.74. The third kappa shape index (κ3) is 4.12.